The molecule has 0 aromatic heterocycles. The maximum Gasteiger partial charge on any atom is 0.217 e. The molecule has 1 unspecified atom stereocenters. The van der Waals surface area contributed by atoms with Crippen LogP contribution in [0.5, 0.6) is 0 Å². The second-order valence-corrected chi connectivity index (χ2v) is 8.97. The number of nitrogens with one attached hydrogen (secondary N) is 1. The first-order chi connectivity index (χ1) is 8.89. The number of hydrogen-bond donors (Lipinski definition) is 1. The Morgan fingerprint density at radius 3 is 1.89 bits per heavy atom. The van der Waals surface area contributed by atoms with Crippen molar-refractivity contribution in [2.45, 2.75) is 57.7 Å². The van der Waals surface area contributed by atoms with Gasteiger partial charge in [-0.2, -0.15) is 0 Å². The Kier molecular flexibility index (Phi) is 4.90. The van der Waals surface area contributed by atoms with E-state index in [1.165, 1.54) is 25.7 Å². The summed E-state index contributed by atoms with van der Waals surface area (Å²) in [4.78, 5) is 0. The van der Waals surface area contributed by atoms with E-state index < -0.39 is 10.0 Å². The first-order valence-corrected chi connectivity index (χ1v) is 9.12. The van der Waals surface area contributed by atoms with Gasteiger partial charge >= 0.3 is 0 Å². The minimum Gasteiger partial charge on any atom is -0.313 e. The molecular formula is C14H28N2O2S. The molecule has 5 heteroatoms. The molecule has 0 radical (unpaired) electrons. The fraction of sp³-hybridized carbons (Fsp3) is 1.00. The molecule has 19 heavy (non-hydrogen) atoms. The summed E-state index contributed by atoms with van der Waals surface area (Å²) in [5.41, 5.74) is 0. The number of nitrogens with zero attached hydrogens (tertiary/aromatic N) is 1. The Bertz CT molecular complexity index is 372. The third kappa shape index (κ3) is 4.72. The van der Waals surface area contributed by atoms with Crippen molar-refractivity contribution in [1.29, 1.82) is 0 Å². The van der Waals surface area contributed by atoms with Gasteiger partial charge in [0.1, 0.15) is 0 Å². The van der Waals surface area contributed by atoms with E-state index >= 15 is 0 Å². The van der Waals surface area contributed by atoms with Crippen molar-refractivity contribution in [3.8, 4) is 0 Å². The first-order valence-electron chi connectivity index (χ1n) is 7.62. The summed E-state index contributed by atoms with van der Waals surface area (Å²) in [5.74, 6) is 1.25. The van der Waals surface area contributed by atoms with Gasteiger partial charge in [0, 0.05) is 25.7 Å². The second-order valence-electron chi connectivity index (χ2n) is 6.62. The Labute approximate surface area is 118 Å². The van der Waals surface area contributed by atoms with Crippen molar-refractivity contribution in [3.05, 3.63) is 0 Å². The fourth-order valence-corrected chi connectivity index (χ4v) is 3.87. The number of sulfonamides is 1. The van der Waals surface area contributed by atoms with Crippen molar-refractivity contribution in [2.24, 2.45) is 11.8 Å². The standard InChI is InChI=1S/C14H28N2O2S/c1-11(2)15-8-12(3)19(17,18)16(9-13-4-5-13)10-14-6-7-14/h11-15H,4-10H2,1-3H3. The SMILES string of the molecule is CC(C)NCC(C)S(=O)(=O)N(CC1CC1)CC1CC1. The predicted octanol–water partition coefficient (Wildman–Crippen LogP) is 1.82. The Morgan fingerprint density at radius 2 is 1.53 bits per heavy atom. The van der Waals surface area contributed by atoms with Crippen LogP contribution in [-0.2, 0) is 10.0 Å². The molecular weight excluding hydrogens is 260 g/mol. The lowest BCUT2D eigenvalue weighted by Gasteiger charge is -2.26. The van der Waals surface area contributed by atoms with E-state index in [1.54, 1.807) is 4.31 Å². The van der Waals surface area contributed by atoms with Crippen molar-refractivity contribution >= 4 is 10.0 Å². The average molecular weight is 288 g/mol. The van der Waals surface area contributed by atoms with Gasteiger partial charge in [-0.1, -0.05) is 13.8 Å². The van der Waals surface area contributed by atoms with Crippen LogP contribution in [0.25, 0.3) is 0 Å². The minimum atomic E-state index is -3.14. The molecule has 0 spiro atoms. The van der Waals surface area contributed by atoms with Crippen molar-refractivity contribution in [2.75, 3.05) is 19.6 Å². The van der Waals surface area contributed by atoms with Crippen molar-refractivity contribution in [3.63, 3.8) is 0 Å². The zero-order valence-electron chi connectivity index (χ0n) is 12.4. The van der Waals surface area contributed by atoms with Crippen LogP contribution in [0.15, 0.2) is 0 Å². The van der Waals surface area contributed by atoms with Crippen molar-refractivity contribution in [1.82, 2.24) is 9.62 Å². The molecule has 0 amide bonds. The summed E-state index contributed by atoms with van der Waals surface area (Å²) in [6.07, 6.45) is 4.81. The number of hydrogen-bond acceptors (Lipinski definition) is 3. The molecule has 4 nitrogen and oxygen atoms in total. The molecule has 2 aliphatic carbocycles. The summed E-state index contributed by atoms with van der Waals surface area (Å²) in [5, 5.41) is 2.91. The molecule has 2 rings (SSSR count). The van der Waals surface area contributed by atoms with E-state index in [0.29, 0.717) is 24.4 Å². The van der Waals surface area contributed by atoms with E-state index in [-0.39, 0.29) is 5.25 Å². The van der Waals surface area contributed by atoms with Crippen LogP contribution in [0, 0.1) is 11.8 Å². The topological polar surface area (TPSA) is 49.4 Å². The average Bonchev–Trinajstić information content (AvgIpc) is 3.18. The number of rotatable bonds is 9. The highest BCUT2D eigenvalue weighted by Crippen LogP contribution is 2.35. The zero-order chi connectivity index (χ0) is 14.0. The molecule has 0 aromatic rings. The van der Waals surface area contributed by atoms with Gasteiger partial charge in [0.05, 0.1) is 5.25 Å². The fourth-order valence-electron chi connectivity index (χ4n) is 2.22. The summed E-state index contributed by atoms with van der Waals surface area (Å²) in [7, 11) is -3.14. The lowest BCUT2D eigenvalue weighted by molar-refractivity contribution is 0.375. The van der Waals surface area contributed by atoms with Crippen LogP contribution in [-0.4, -0.2) is 43.6 Å². The maximum atomic E-state index is 12.7. The predicted molar refractivity (Wildman–Crippen MR) is 78.5 cm³/mol. The lowest BCUT2D eigenvalue weighted by Crippen LogP contribution is -2.44. The van der Waals surface area contributed by atoms with Gasteiger partial charge < -0.3 is 5.32 Å². The molecule has 1 atom stereocenters. The molecule has 2 fully saturated rings. The normalized spacial score (nSPS) is 22.2. The highest BCUT2D eigenvalue weighted by atomic mass is 32.2. The van der Waals surface area contributed by atoms with E-state index in [1.807, 2.05) is 20.8 Å². The molecule has 0 heterocycles. The molecule has 0 aromatic carbocycles. The van der Waals surface area contributed by atoms with Crippen LogP contribution >= 0.6 is 0 Å². The van der Waals surface area contributed by atoms with E-state index in [0.717, 1.165) is 13.1 Å². The lowest BCUT2D eigenvalue weighted by atomic mass is 10.3. The molecule has 0 saturated heterocycles. The van der Waals surface area contributed by atoms with Gasteiger partial charge in [-0.05, 0) is 44.4 Å². The smallest absolute Gasteiger partial charge is 0.217 e. The summed E-state index contributed by atoms with van der Waals surface area (Å²) >= 11 is 0. The van der Waals surface area contributed by atoms with Crippen molar-refractivity contribution < 1.29 is 8.42 Å². The Hall–Kier alpha value is -0.130. The van der Waals surface area contributed by atoms with Crippen LogP contribution < -0.4 is 5.32 Å². The highest BCUT2D eigenvalue weighted by molar-refractivity contribution is 7.89. The van der Waals surface area contributed by atoms with Gasteiger partial charge in [-0.15, -0.1) is 0 Å². The molecule has 0 aliphatic heterocycles. The van der Waals surface area contributed by atoms with Crippen LogP contribution in [0.4, 0.5) is 0 Å². The summed E-state index contributed by atoms with van der Waals surface area (Å²) in [6.45, 7) is 7.98. The first kappa shape index (κ1) is 15.3. The Morgan fingerprint density at radius 1 is 1.05 bits per heavy atom. The molecule has 1 N–H and O–H groups in total. The maximum absolute atomic E-state index is 12.7. The monoisotopic (exact) mass is 288 g/mol. The van der Waals surface area contributed by atoms with Crippen LogP contribution in [0.2, 0.25) is 0 Å². The third-order valence-corrected chi connectivity index (χ3v) is 6.20. The van der Waals surface area contributed by atoms with Gasteiger partial charge in [0.25, 0.3) is 0 Å². The zero-order valence-corrected chi connectivity index (χ0v) is 13.2. The molecule has 0 bridgehead atoms. The molecule has 112 valence electrons. The summed E-state index contributed by atoms with van der Waals surface area (Å²) < 4.78 is 27.1. The van der Waals surface area contributed by atoms with Gasteiger partial charge in [0.15, 0.2) is 0 Å². The molecule has 2 aliphatic rings. The molecule has 2 saturated carbocycles. The van der Waals surface area contributed by atoms with E-state index in [9.17, 15) is 8.42 Å². The minimum absolute atomic E-state index is 0.326. The van der Waals surface area contributed by atoms with Gasteiger partial charge in [0.2, 0.25) is 10.0 Å². The van der Waals surface area contributed by atoms with Crippen LogP contribution in [0.1, 0.15) is 46.5 Å². The summed E-state index contributed by atoms with van der Waals surface area (Å²) in [6, 6.07) is 0.331. The van der Waals surface area contributed by atoms with Crippen LogP contribution in [0.3, 0.4) is 0 Å². The van der Waals surface area contributed by atoms with Gasteiger partial charge in [-0.25, -0.2) is 12.7 Å². The quantitative estimate of drug-likeness (QED) is 0.704. The largest absolute Gasteiger partial charge is 0.313 e. The third-order valence-electron chi connectivity index (χ3n) is 4.00. The van der Waals surface area contributed by atoms with Gasteiger partial charge in [-0.3, -0.25) is 0 Å². The van der Waals surface area contributed by atoms with E-state index in [2.05, 4.69) is 5.32 Å². The van der Waals surface area contributed by atoms with E-state index in [4.69, 9.17) is 0 Å². The Balaban J connectivity index is 1.94. The second kappa shape index (κ2) is 6.10. The highest BCUT2D eigenvalue weighted by Gasteiger charge is 2.37.